The van der Waals surface area contributed by atoms with E-state index in [0.717, 1.165) is 22.4 Å². The fraction of sp³-hybridized carbons (Fsp3) is 0.0833. The van der Waals surface area contributed by atoms with Gasteiger partial charge in [0, 0.05) is 34.5 Å². The SMILES string of the molecule is COc1cc(-c2cccc(-c3csc(NC(=O)CNC(=O)c4ccc(N)cc4)n3)c2)ccn1. The monoisotopic (exact) mass is 459 g/mol. The van der Waals surface area contributed by atoms with E-state index in [2.05, 4.69) is 20.6 Å². The Morgan fingerprint density at radius 1 is 1.03 bits per heavy atom. The van der Waals surface area contributed by atoms with Crippen molar-refractivity contribution in [3.05, 3.63) is 77.8 Å². The standard InChI is InChI=1S/C24H21N5O3S/c1-32-22-12-17(9-10-26-22)16-3-2-4-18(11-16)20-14-33-24(28-20)29-21(30)13-27-23(31)15-5-7-19(25)8-6-15/h2-12,14H,13,25H2,1H3,(H,27,31)(H,28,29,30). The van der Waals surface area contributed by atoms with E-state index in [1.165, 1.54) is 11.3 Å². The summed E-state index contributed by atoms with van der Waals surface area (Å²) in [4.78, 5) is 33.0. The number of methoxy groups -OCH3 is 1. The molecule has 4 rings (SSSR count). The first-order valence-electron chi connectivity index (χ1n) is 10.0. The van der Waals surface area contributed by atoms with E-state index in [4.69, 9.17) is 10.5 Å². The molecular formula is C24H21N5O3S. The Bertz CT molecular complexity index is 1290. The lowest BCUT2D eigenvalue weighted by Crippen LogP contribution is -2.32. The average molecular weight is 460 g/mol. The van der Waals surface area contributed by atoms with Gasteiger partial charge in [-0.2, -0.15) is 0 Å². The smallest absolute Gasteiger partial charge is 0.251 e. The van der Waals surface area contributed by atoms with Gasteiger partial charge in [0.25, 0.3) is 5.91 Å². The number of pyridine rings is 1. The van der Waals surface area contributed by atoms with E-state index in [1.54, 1.807) is 37.6 Å². The number of anilines is 2. The van der Waals surface area contributed by atoms with Gasteiger partial charge in [-0.15, -0.1) is 11.3 Å². The number of amides is 2. The normalized spacial score (nSPS) is 10.5. The van der Waals surface area contributed by atoms with Crippen molar-refractivity contribution in [3.63, 3.8) is 0 Å². The maximum atomic E-state index is 12.3. The maximum Gasteiger partial charge on any atom is 0.251 e. The van der Waals surface area contributed by atoms with Crippen LogP contribution in [0.15, 0.2) is 72.2 Å². The molecule has 2 heterocycles. The van der Waals surface area contributed by atoms with Gasteiger partial charge in [0.2, 0.25) is 11.8 Å². The van der Waals surface area contributed by atoms with Gasteiger partial charge in [0.1, 0.15) is 0 Å². The summed E-state index contributed by atoms with van der Waals surface area (Å²) in [5.41, 5.74) is 10.2. The first kappa shape index (κ1) is 22.0. The summed E-state index contributed by atoms with van der Waals surface area (Å²) in [6.07, 6.45) is 1.70. The quantitative estimate of drug-likeness (QED) is 0.361. The van der Waals surface area contributed by atoms with Crippen LogP contribution in [-0.4, -0.2) is 35.4 Å². The summed E-state index contributed by atoms with van der Waals surface area (Å²) in [5, 5.41) is 7.62. The molecule has 4 aromatic rings. The molecule has 2 aromatic heterocycles. The summed E-state index contributed by atoms with van der Waals surface area (Å²) >= 11 is 1.31. The molecule has 2 aromatic carbocycles. The van der Waals surface area contributed by atoms with Crippen LogP contribution in [0.25, 0.3) is 22.4 Å². The molecule has 4 N–H and O–H groups in total. The summed E-state index contributed by atoms with van der Waals surface area (Å²) in [7, 11) is 1.58. The lowest BCUT2D eigenvalue weighted by atomic mass is 10.0. The Kier molecular flexibility index (Phi) is 6.61. The third-order valence-corrected chi connectivity index (χ3v) is 5.53. The van der Waals surface area contributed by atoms with Gasteiger partial charge < -0.3 is 21.1 Å². The maximum absolute atomic E-state index is 12.3. The average Bonchev–Trinajstić information content (AvgIpc) is 3.31. The van der Waals surface area contributed by atoms with Gasteiger partial charge in [-0.1, -0.05) is 18.2 Å². The molecule has 0 unspecified atom stereocenters. The fourth-order valence-corrected chi connectivity index (χ4v) is 3.82. The number of hydrogen-bond acceptors (Lipinski definition) is 7. The van der Waals surface area contributed by atoms with Crippen LogP contribution in [0.1, 0.15) is 10.4 Å². The van der Waals surface area contributed by atoms with E-state index in [0.29, 0.717) is 22.3 Å². The minimum Gasteiger partial charge on any atom is -0.481 e. The first-order valence-corrected chi connectivity index (χ1v) is 10.9. The second-order valence-electron chi connectivity index (χ2n) is 7.06. The van der Waals surface area contributed by atoms with Gasteiger partial charge >= 0.3 is 0 Å². The van der Waals surface area contributed by atoms with Crippen molar-refractivity contribution in [1.82, 2.24) is 15.3 Å². The van der Waals surface area contributed by atoms with Crippen molar-refractivity contribution in [3.8, 4) is 28.3 Å². The molecular weight excluding hydrogens is 438 g/mol. The lowest BCUT2D eigenvalue weighted by molar-refractivity contribution is -0.115. The highest BCUT2D eigenvalue weighted by atomic mass is 32.1. The molecule has 0 atom stereocenters. The van der Waals surface area contributed by atoms with Gasteiger partial charge in [0.15, 0.2) is 5.13 Å². The van der Waals surface area contributed by atoms with Gasteiger partial charge in [-0.3, -0.25) is 9.59 Å². The molecule has 33 heavy (non-hydrogen) atoms. The highest BCUT2D eigenvalue weighted by Crippen LogP contribution is 2.29. The number of carbonyl (C=O) groups is 2. The number of thiazole rings is 1. The minimum atomic E-state index is -0.364. The van der Waals surface area contributed by atoms with Crippen molar-refractivity contribution in [2.75, 3.05) is 24.7 Å². The number of nitrogens with zero attached hydrogens (tertiary/aromatic N) is 2. The summed E-state index contributed by atoms with van der Waals surface area (Å²) < 4.78 is 5.20. The van der Waals surface area contributed by atoms with Gasteiger partial charge in [0.05, 0.1) is 19.3 Å². The first-order chi connectivity index (χ1) is 16.0. The Morgan fingerprint density at radius 3 is 2.58 bits per heavy atom. The Hall–Kier alpha value is -4.24. The molecule has 0 aliphatic carbocycles. The van der Waals surface area contributed by atoms with Crippen molar-refractivity contribution >= 4 is 34.0 Å². The Balaban J connectivity index is 1.39. The minimum absolute atomic E-state index is 0.169. The zero-order valence-corrected chi connectivity index (χ0v) is 18.6. The predicted molar refractivity (Wildman–Crippen MR) is 129 cm³/mol. The summed E-state index contributed by atoms with van der Waals surface area (Å²) in [6.45, 7) is -0.169. The molecule has 0 aliphatic rings. The number of ether oxygens (including phenoxy) is 1. The van der Waals surface area contributed by atoms with Crippen molar-refractivity contribution in [2.24, 2.45) is 0 Å². The van der Waals surface area contributed by atoms with Crippen LogP contribution >= 0.6 is 11.3 Å². The zero-order chi connectivity index (χ0) is 23.2. The molecule has 166 valence electrons. The van der Waals surface area contributed by atoms with E-state index in [9.17, 15) is 9.59 Å². The van der Waals surface area contributed by atoms with Crippen LogP contribution < -0.4 is 21.1 Å². The van der Waals surface area contributed by atoms with Crippen LogP contribution in [0.3, 0.4) is 0 Å². The van der Waals surface area contributed by atoms with E-state index in [1.807, 2.05) is 41.8 Å². The Morgan fingerprint density at radius 2 is 1.79 bits per heavy atom. The molecule has 0 radical (unpaired) electrons. The molecule has 0 aliphatic heterocycles. The zero-order valence-electron chi connectivity index (χ0n) is 17.7. The van der Waals surface area contributed by atoms with E-state index in [-0.39, 0.29) is 18.4 Å². The van der Waals surface area contributed by atoms with Crippen LogP contribution in [0.4, 0.5) is 10.8 Å². The van der Waals surface area contributed by atoms with E-state index >= 15 is 0 Å². The van der Waals surface area contributed by atoms with E-state index < -0.39 is 0 Å². The topological polar surface area (TPSA) is 119 Å². The van der Waals surface area contributed by atoms with Crippen LogP contribution in [0.2, 0.25) is 0 Å². The van der Waals surface area contributed by atoms with Crippen LogP contribution in [0, 0.1) is 0 Å². The Labute approximate surface area is 194 Å². The van der Waals surface area contributed by atoms with Crippen LogP contribution in [0.5, 0.6) is 5.88 Å². The molecule has 8 nitrogen and oxygen atoms in total. The second kappa shape index (κ2) is 9.92. The largest absolute Gasteiger partial charge is 0.481 e. The lowest BCUT2D eigenvalue weighted by Gasteiger charge is -2.06. The summed E-state index contributed by atoms with van der Waals surface area (Å²) in [6, 6.07) is 18.2. The fourth-order valence-electron chi connectivity index (χ4n) is 3.08. The molecule has 0 bridgehead atoms. The third-order valence-electron chi connectivity index (χ3n) is 4.77. The van der Waals surface area contributed by atoms with Gasteiger partial charge in [-0.25, -0.2) is 9.97 Å². The molecule has 9 heteroatoms. The number of nitrogens with two attached hydrogens (primary N) is 1. The molecule has 0 saturated heterocycles. The number of aromatic nitrogens is 2. The number of nitrogens with one attached hydrogen (secondary N) is 2. The van der Waals surface area contributed by atoms with Crippen molar-refractivity contribution < 1.29 is 14.3 Å². The highest BCUT2D eigenvalue weighted by molar-refractivity contribution is 7.14. The van der Waals surface area contributed by atoms with Crippen molar-refractivity contribution in [2.45, 2.75) is 0 Å². The highest BCUT2D eigenvalue weighted by Gasteiger charge is 2.11. The number of benzene rings is 2. The second-order valence-corrected chi connectivity index (χ2v) is 7.92. The molecule has 0 spiro atoms. The van der Waals surface area contributed by atoms with Crippen molar-refractivity contribution in [1.29, 1.82) is 0 Å². The molecule has 0 saturated carbocycles. The number of rotatable bonds is 7. The third kappa shape index (κ3) is 5.52. The predicted octanol–water partition coefficient (Wildman–Crippen LogP) is 3.83. The van der Waals surface area contributed by atoms with Gasteiger partial charge in [-0.05, 0) is 47.5 Å². The number of nitrogen functional groups attached to an aromatic ring is 1. The number of carbonyl (C=O) groups excluding carboxylic acids is 2. The van der Waals surface area contributed by atoms with Crippen LogP contribution in [-0.2, 0) is 4.79 Å². The molecule has 0 fully saturated rings. The molecule has 2 amide bonds. The number of hydrogen-bond donors (Lipinski definition) is 3. The summed E-state index contributed by atoms with van der Waals surface area (Å²) in [5.74, 6) is -0.174.